The molecule has 1 unspecified atom stereocenters. The first-order valence-corrected chi connectivity index (χ1v) is 23.5. The van der Waals surface area contributed by atoms with Crippen molar-refractivity contribution in [1.82, 2.24) is 34.8 Å². The summed E-state index contributed by atoms with van der Waals surface area (Å²) in [5, 5.41) is 5.24. The first kappa shape index (κ1) is 43.5. The van der Waals surface area contributed by atoms with Crippen LogP contribution in [0.15, 0.2) is 73.2 Å². The molecule has 5 saturated heterocycles. The van der Waals surface area contributed by atoms with Gasteiger partial charge in [0.15, 0.2) is 5.82 Å². The average molecular weight is 925 g/mol. The number of ketones is 1. The van der Waals surface area contributed by atoms with Crippen LogP contribution in [-0.2, 0) is 19.8 Å². The van der Waals surface area contributed by atoms with Crippen LogP contribution in [0.25, 0.3) is 22.2 Å². The molecule has 5 aliphatic rings. The molecule has 2 atom stereocenters. The SMILES string of the molecule is O=C1CCC(NC(=O)c2ccc(N3CCC(CN4CC5(C4)CN(c4ccc(-c6cnc7[nH]cc(C(=O)c8c(F)ccc(NS(=O)(=O)N9CC[C@@H](F)C9)c8F)c7c6)cc4)C5)CC3)cn2)C(=O)N1. The minimum Gasteiger partial charge on any atom is -0.370 e. The number of likely N-dealkylation sites (tertiary alicyclic amines) is 1. The van der Waals surface area contributed by atoms with Crippen LogP contribution in [-0.4, -0.2) is 127 Å². The number of carbonyl (C=O) groups is 4. The zero-order chi connectivity index (χ0) is 45.9. The standard InChI is InChI=1S/C46H47F3N10O6S/c47-30-13-16-59(22-30)66(64,65)55-36-8-6-35(48)40(41(36)49)42(61)34-20-52-43-33(34)17-29(18-51-43)28-1-3-31(4-2-28)58-25-46(26-58)23-56(24-46)21-27-11-14-57(15-12-27)32-5-7-37(50-19-32)44(62)53-38-9-10-39(60)54-45(38)63/h1-8,17-20,27,30,38,55H,9-16,21-26H2,(H,51,52)(H,53,62)(H,54,60,63)/t30-,38?/m1/s1. The average Bonchev–Trinajstić information content (AvgIpc) is 3.93. The molecule has 20 heteroatoms. The van der Waals surface area contributed by atoms with Gasteiger partial charge in [-0.3, -0.25) is 29.2 Å². The van der Waals surface area contributed by atoms with E-state index in [-0.39, 0.29) is 54.9 Å². The number of hydrogen-bond donors (Lipinski definition) is 4. The Morgan fingerprint density at radius 2 is 1.61 bits per heavy atom. The molecule has 0 saturated carbocycles. The van der Waals surface area contributed by atoms with E-state index in [0.717, 1.165) is 92.0 Å². The lowest BCUT2D eigenvalue weighted by atomic mass is 9.72. The third-order valence-corrected chi connectivity index (χ3v) is 15.0. The predicted molar refractivity (Wildman–Crippen MR) is 239 cm³/mol. The first-order valence-electron chi connectivity index (χ1n) is 22.1. The number of rotatable bonds is 12. The number of nitrogens with one attached hydrogen (secondary N) is 4. The smallest absolute Gasteiger partial charge is 0.301 e. The Balaban J connectivity index is 0.703. The summed E-state index contributed by atoms with van der Waals surface area (Å²) in [5.41, 5.74) is 2.79. The number of aromatic nitrogens is 3. The lowest BCUT2D eigenvalue weighted by Crippen LogP contribution is -2.72. The summed E-state index contributed by atoms with van der Waals surface area (Å²) < 4.78 is 73.0. The summed E-state index contributed by atoms with van der Waals surface area (Å²) in [6.07, 6.45) is 5.89. The van der Waals surface area contributed by atoms with Crippen LogP contribution < -0.4 is 25.2 Å². The highest BCUT2D eigenvalue weighted by atomic mass is 32.2. The van der Waals surface area contributed by atoms with Gasteiger partial charge in [0.05, 0.1) is 23.1 Å². The van der Waals surface area contributed by atoms with Crippen LogP contribution in [0.2, 0.25) is 0 Å². The van der Waals surface area contributed by atoms with E-state index in [0.29, 0.717) is 22.5 Å². The number of pyridine rings is 2. The van der Waals surface area contributed by atoms with E-state index in [2.05, 4.69) is 40.3 Å². The maximum absolute atomic E-state index is 15.7. The lowest BCUT2D eigenvalue weighted by Gasteiger charge is -2.61. The minimum absolute atomic E-state index is 0.00386. The zero-order valence-electron chi connectivity index (χ0n) is 35.7. The Bertz CT molecular complexity index is 2840. The van der Waals surface area contributed by atoms with Crippen molar-refractivity contribution in [2.75, 3.05) is 73.4 Å². The zero-order valence-corrected chi connectivity index (χ0v) is 36.6. The predicted octanol–water partition coefficient (Wildman–Crippen LogP) is 4.41. The van der Waals surface area contributed by atoms with Gasteiger partial charge in [-0.05, 0) is 79.6 Å². The van der Waals surface area contributed by atoms with E-state index >= 15 is 8.78 Å². The van der Waals surface area contributed by atoms with E-state index < -0.39 is 62.9 Å². The van der Waals surface area contributed by atoms with Crippen molar-refractivity contribution in [3.05, 3.63) is 102 Å². The first-order chi connectivity index (χ1) is 31.7. The van der Waals surface area contributed by atoms with Gasteiger partial charge in [-0.1, -0.05) is 12.1 Å². The molecule has 1 spiro atoms. The molecule has 16 nitrogen and oxygen atoms in total. The van der Waals surface area contributed by atoms with Gasteiger partial charge in [0.1, 0.15) is 29.4 Å². The van der Waals surface area contributed by atoms with Gasteiger partial charge < -0.3 is 25.0 Å². The Morgan fingerprint density at radius 1 is 0.848 bits per heavy atom. The molecule has 2 aromatic carbocycles. The molecule has 3 amide bonds. The van der Waals surface area contributed by atoms with E-state index in [1.165, 1.54) is 6.20 Å². The Morgan fingerprint density at radius 3 is 2.30 bits per heavy atom. The number of H-pyrrole nitrogens is 1. The minimum atomic E-state index is -4.35. The number of fused-ring (bicyclic) bond motifs is 1. The topological polar surface area (TPSA) is 193 Å². The quantitative estimate of drug-likeness (QED) is 0.102. The fourth-order valence-corrected chi connectivity index (χ4v) is 11.3. The van der Waals surface area contributed by atoms with Gasteiger partial charge >= 0.3 is 10.2 Å². The number of imide groups is 1. The highest BCUT2D eigenvalue weighted by molar-refractivity contribution is 7.90. The van der Waals surface area contributed by atoms with Gasteiger partial charge in [0.2, 0.25) is 17.6 Å². The maximum atomic E-state index is 15.7. The molecule has 0 aliphatic carbocycles. The summed E-state index contributed by atoms with van der Waals surface area (Å²) in [4.78, 5) is 68.7. The van der Waals surface area contributed by atoms with E-state index in [1.54, 1.807) is 24.5 Å². The molecule has 0 bridgehead atoms. The number of benzene rings is 2. The maximum Gasteiger partial charge on any atom is 0.301 e. The summed E-state index contributed by atoms with van der Waals surface area (Å²) in [6.45, 7) is 6.43. The molecular formula is C46H47F3N10O6S. The number of amides is 3. The Labute approximate surface area is 378 Å². The summed E-state index contributed by atoms with van der Waals surface area (Å²) >= 11 is 0. The van der Waals surface area contributed by atoms with Crippen LogP contribution in [0.5, 0.6) is 0 Å². The molecule has 5 aromatic rings. The van der Waals surface area contributed by atoms with Crippen LogP contribution in [0.4, 0.5) is 30.2 Å². The number of piperidine rings is 2. The number of nitrogens with zero attached hydrogens (tertiary/aromatic N) is 6. The largest absolute Gasteiger partial charge is 0.370 e. The van der Waals surface area contributed by atoms with Gasteiger partial charge in [0, 0.05) is 105 Å². The van der Waals surface area contributed by atoms with Crippen LogP contribution in [0.1, 0.15) is 58.5 Å². The molecule has 8 heterocycles. The van der Waals surface area contributed by atoms with Gasteiger partial charge in [-0.25, -0.2) is 23.1 Å². The lowest BCUT2D eigenvalue weighted by molar-refractivity contribution is -0.134. The molecule has 66 heavy (non-hydrogen) atoms. The second kappa shape index (κ2) is 17.1. The molecule has 0 radical (unpaired) electrons. The summed E-state index contributed by atoms with van der Waals surface area (Å²) in [7, 11) is -4.35. The highest BCUT2D eigenvalue weighted by Gasteiger charge is 2.52. The number of aromatic amines is 1. The van der Waals surface area contributed by atoms with Crippen molar-refractivity contribution in [2.24, 2.45) is 11.3 Å². The number of carbonyl (C=O) groups excluding carboxylic acids is 4. The number of hydrogen-bond acceptors (Lipinski definition) is 11. The molecule has 344 valence electrons. The fourth-order valence-electron chi connectivity index (χ4n) is 9.98. The van der Waals surface area contributed by atoms with Crippen molar-refractivity contribution < 1.29 is 40.8 Å². The van der Waals surface area contributed by atoms with Crippen molar-refractivity contribution in [2.45, 2.75) is 44.3 Å². The van der Waals surface area contributed by atoms with Gasteiger partial charge in [0.25, 0.3) is 5.91 Å². The molecular weight excluding hydrogens is 878 g/mol. The van der Waals surface area contributed by atoms with Crippen molar-refractivity contribution in [1.29, 1.82) is 0 Å². The van der Waals surface area contributed by atoms with Crippen LogP contribution in [0.3, 0.4) is 0 Å². The van der Waals surface area contributed by atoms with E-state index in [1.807, 2.05) is 35.1 Å². The highest BCUT2D eigenvalue weighted by Crippen LogP contribution is 2.43. The molecule has 5 aliphatic heterocycles. The van der Waals surface area contributed by atoms with E-state index in [4.69, 9.17) is 0 Å². The number of alkyl halides is 1. The monoisotopic (exact) mass is 924 g/mol. The number of anilines is 3. The van der Waals surface area contributed by atoms with Gasteiger partial charge in [-0.15, -0.1) is 0 Å². The Kier molecular flexibility index (Phi) is 11.3. The normalized spacial score (nSPS) is 21.4. The second-order valence-corrected chi connectivity index (χ2v) is 19.8. The molecule has 4 N–H and O–H groups in total. The van der Waals surface area contributed by atoms with Crippen LogP contribution >= 0.6 is 0 Å². The number of halogens is 3. The van der Waals surface area contributed by atoms with Gasteiger partial charge in [-0.2, -0.15) is 12.7 Å². The van der Waals surface area contributed by atoms with E-state index in [9.17, 15) is 32.0 Å². The van der Waals surface area contributed by atoms with Crippen LogP contribution in [0, 0.1) is 23.0 Å². The molecule has 10 rings (SSSR count). The van der Waals surface area contributed by atoms with Crippen molar-refractivity contribution in [3.8, 4) is 11.1 Å². The molecule has 5 fully saturated rings. The Hall–Kier alpha value is -6.38. The third-order valence-electron chi connectivity index (χ3n) is 13.5. The summed E-state index contributed by atoms with van der Waals surface area (Å²) in [5.74, 6) is -4.24. The fraction of sp³-hybridized carbons (Fsp3) is 0.391. The third kappa shape index (κ3) is 8.48. The molecule has 3 aromatic heterocycles. The summed E-state index contributed by atoms with van der Waals surface area (Å²) in [6, 6.07) is 14.3. The van der Waals surface area contributed by atoms with Crippen molar-refractivity contribution in [3.63, 3.8) is 0 Å². The second-order valence-electron chi connectivity index (χ2n) is 18.2. The van der Waals surface area contributed by atoms with Crippen molar-refractivity contribution >= 4 is 61.8 Å².